The Labute approximate surface area is 119 Å². The third-order valence-corrected chi connectivity index (χ3v) is 2.69. The average molecular weight is 275 g/mol. The van der Waals surface area contributed by atoms with Crippen LogP contribution in [0.2, 0.25) is 0 Å². The lowest BCUT2D eigenvalue weighted by atomic mass is 10.2. The van der Waals surface area contributed by atoms with Gasteiger partial charge in [-0.3, -0.25) is 0 Å². The molecule has 1 aromatic carbocycles. The van der Waals surface area contributed by atoms with Crippen molar-refractivity contribution in [2.75, 3.05) is 24.2 Å². The molecular weight excluding hydrogens is 254 g/mol. The summed E-state index contributed by atoms with van der Waals surface area (Å²) in [5.74, 6) is 2.26. The molecule has 6 heteroatoms. The van der Waals surface area contributed by atoms with Crippen molar-refractivity contribution in [1.29, 1.82) is 0 Å². The van der Waals surface area contributed by atoms with Crippen molar-refractivity contribution in [2.24, 2.45) is 5.92 Å². The Morgan fingerprint density at radius 1 is 1.30 bits per heavy atom. The second-order valence-corrected chi connectivity index (χ2v) is 4.91. The Morgan fingerprint density at radius 3 is 2.60 bits per heavy atom. The van der Waals surface area contributed by atoms with Crippen molar-refractivity contribution in [1.82, 2.24) is 14.8 Å². The Bertz CT molecular complexity index is 547. The van der Waals surface area contributed by atoms with Crippen LogP contribution in [0.25, 0.3) is 5.69 Å². The Morgan fingerprint density at radius 2 is 2.00 bits per heavy atom. The fourth-order valence-corrected chi connectivity index (χ4v) is 1.73. The molecule has 0 spiro atoms. The summed E-state index contributed by atoms with van der Waals surface area (Å²) in [4.78, 5) is 4.21. The van der Waals surface area contributed by atoms with E-state index in [4.69, 9.17) is 10.5 Å². The molecule has 108 valence electrons. The first-order valence-corrected chi connectivity index (χ1v) is 6.79. The number of hydrogen-bond donors (Lipinski definition) is 2. The smallest absolute Gasteiger partial charge is 0.244 e. The highest BCUT2D eigenvalue weighted by Gasteiger charge is 2.09. The van der Waals surface area contributed by atoms with Gasteiger partial charge in [0.05, 0.1) is 12.3 Å². The lowest BCUT2D eigenvalue weighted by Crippen LogP contribution is -2.09. The number of ether oxygens (including phenoxy) is 1. The fourth-order valence-electron chi connectivity index (χ4n) is 1.73. The summed E-state index contributed by atoms with van der Waals surface area (Å²) in [6.45, 7) is 7.66. The van der Waals surface area contributed by atoms with Gasteiger partial charge in [-0.1, -0.05) is 13.8 Å². The molecule has 0 unspecified atom stereocenters. The van der Waals surface area contributed by atoms with Crippen LogP contribution in [0.15, 0.2) is 24.3 Å². The summed E-state index contributed by atoms with van der Waals surface area (Å²) >= 11 is 0. The molecular formula is C14H21N5O. The molecule has 2 aromatic rings. The molecule has 0 radical (unpaired) electrons. The van der Waals surface area contributed by atoms with Crippen molar-refractivity contribution >= 4 is 11.9 Å². The predicted molar refractivity (Wildman–Crippen MR) is 80.3 cm³/mol. The number of nitrogens with two attached hydrogens (primary N) is 1. The maximum absolute atomic E-state index is 5.89. The molecule has 0 fully saturated rings. The minimum atomic E-state index is 0.361. The third-order valence-electron chi connectivity index (χ3n) is 2.69. The number of nitrogens with zero attached hydrogens (tertiary/aromatic N) is 3. The number of benzene rings is 1. The first-order valence-electron chi connectivity index (χ1n) is 6.79. The van der Waals surface area contributed by atoms with E-state index in [1.54, 1.807) is 4.68 Å². The second-order valence-electron chi connectivity index (χ2n) is 4.91. The molecule has 1 aromatic heterocycles. The van der Waals surface area contributed by atoms with Gasteiger partial charge < -0.3 is 15.8 Å². The molecule has 0 aliphatic carbocycles. The molecule has 20 heavy (non-hydrogen) atoms. The number of aromatic nitrogens is 3. The summed E-state index contributed by atoms with van der Waals surface area (Å²) in [6, 6.07) is 7.59. The standard InChI is InChI=1S/C14H21N5O/c1-4-20-12-7-5-11(6-8-12)19-13(15)17-14(18-19)16-9-10(2)3/h5-8,10H,4,9H2,1-3H3,(H3,15,16,17,18). The SMILES string of the molecule is CCOc1ccc(-n2nc(NCC(C)C)nc2N)cc1. The molecule has 3 N–H and O–H groups in total. The van der Waals surface area contributed by atoms with Crippen LogP contribution in [0.5, 0.6) is 5.75 Å². The minimum Gasteiger partial charge on any atom is -0.494 e. The van der Waals surface area contributed by atoms with Crippen LogP contribution in [-0.4, -0.2) is 27.9 Å². The van der Waals surface area contributed by atoms with Crippen LogP contribution in [0, 0.1) is 5.92 Å². The van der Waals surface area contributed by atoms with E-state index < -0.39 is 0 Å². The zero-order valence-electron chi connectivity index (χ0n) is 12.1. The maximum Gasteiger partial charge on any atom is 0.244 e. The number of anilines is 2. The van der Waals surface area contributed by atoms with Crippen LogP contribution < -0.4 is 15.8 Å². The lowest BCUT2D eigenvalue weighted by Gasteiger charge is -2.06. The van der Waals surface area contributed by atoms with Gasteiger partial charge in [0.25, 0.3) is 0 Å². The maximum atomic E-state index is 5.89. The monoisotopic (exact) mass is 275 g/mol. The average Bonchev–Trinajstić information content (AvgIpc) is 2.79. The molecule has 0 amide bonds. The van der Waals surface area contributed by atoms with Crippen molar-refractivity contribution in [3.63, 3.8) is 0 Å². The molecule has 0 atom stereocenters. The summed E-state index contributed by atoms with van der Waals surface area (Å²) in [6.07, 6.45) is 0. The molecule has 0 saturated heterocycles. The van der Waals surface area contributed by atoms with Gasteiger partial charge in [-0.05, 0) is 37.1 Å². The summed E-state index contributed by atoms with van der Waals surface area (Å²) in [5.41, 5.74) is 6.75. The zero-order chi connectivity index (χ0) is 14.5. The van der Waals surface area contributed by atoms with Gasteiger partial charge in [0.1, 0.15) is 5.75 Å². The highest BCUT2D eigenvalue weighted by atomic mass is 16.5. The zero-order valence-corrected chi connectivity index (χ0v) is 12.1. The van der Waals surface area contributed by atoms with Gasteiger partial charge in [0, 0.05) is 6.54 Å². The van der Waals surface area contributed by atoms with Crippen molar-refractivity contribution in [3.8, 4) is 11.4 Å². The van der Waals surface area contributed by atoms with E-state index >= 15 is 0 Å². The van der Waals surface area contributed by atoms with E-state index in [0.717, 1.165) is 18.0 Å². The molecule has 1 heterocycles. The number of hydrogen-bond acceptors (Lipinski definition) is 5. The Hall–Kier alpha value is -2.24. The van der Waals surface area contributed by atoms with Crippen molar-refractivity contribution < 1.29 is 4.74 Å². The Kier molecular flexibility index (Phi) is 4.45. The molecule has 6 nitrogen and oxygen atoms in total. The molecule has 0 aliphatic heterocycles. The minimum absolute atomic E-state index is 0.361. The van der Waals surface area contributed by atoms with Gasteiger partial charge in [0.2, 0.25) is 11.9 Å². The molecule has 0 bridgehead atoms. The van der Waals surface area contributed by atoms with Gasteiger partial charge in [-0.25, -0.2) is 0 Å². The van der Waals surface area contributed by atoms with Gasteiger partial charge in [0.15, 0.2) is 0 Å². The lowest BCUT2D eigenvalue weighted by molar-refractivity contribution is 0.340. The van der Waals surface area contributed by atoms with E-state index in [1.165, 1.54) is 0 Å². The number of nitrogens with one attached hydrogen (secondary N) is 1. The number of rotatable bonds is 6. The third kappa shape index (κ3) is 3.40. The molecule has 2 rings (SSSR count). The van der Waals surface area contributed by atoms with E-state index in [1.807, 2.05) is 31.2 Å². The van der Waals surface area contributed by atoms with Crippen LogP contribution in [-0.2, 0) is 0 Å². The first-order chi connectivity index (χ1) is 9.60. The van der Waals surface area contributed by atoms with E-state index in [0.29, 0.717) is 24.4 Å². The quantitative estimate of drug-likeness (QED) is 0.846. The predicted octanol–water partition coefficient (Wildman–Crippen LogP) is 2.32. The highest BCUT2D eigenvalue weighted by molar-refractivity contribution is 5.44. The molecule has 0 saturated carbocycles. The fraction of sp³-hybridized carbons (Fsp3) is 0.429. The van der Waals surface area contributed by atoms with E-state index in [2.05, 4.69) is 29.2 Å². The summed E-state index contributed by atoms with van der Waals surface area (Å²) in [7, 11) is 0. The van der Waals surface area contributed by atoms with Crippen LogP contribution in [0.1, 0.15) is 20.8 Å². The summed E-state index contributed by atoms with van der Waals surface area (Å²) in [5, 5.41) is 7.52. The van der Waals surface area contributed by atoms with Crippen LogP contribution >= 0.6 is 0 Å². The van der Waals surface area contributed by atoms with Crippen molar-refractivity contribution in [3.05, 3.63) is 24.3 Å². The largest absolute Gasteiger partial charge is 0.494 e. The van der Waals surface area contributed by atoms with Crippen LogP contribution in [0.3, 0.4) is 0 Å². The van der Waals surface area contributed by atoms with Crippen molar-refractivity contribution in [2.45, 2.75) is 20.8 Å². The van der Waals surface area contributed by atoms with Gasteiger partial charge >= 0.3 is 0 Å². The second kappa shape index (κ2) is 6.27. The summed E-state index contributed by atoms with van der Waals surface area (Å²) < 4.78 is 7.02. The topological polar surface area (TPSA) is 78.0 Å². The normalized spacial score (nSPS) is 10.8. The number of nitrogen functional groups attached to an aromatic ring is 1. The van der Waals surface area contributed by atoms with Crippen LogP contribution in [0.4, 0.5) is 11.9 Å². The first kappa shape index (κ1) is 14.2. The highest BCUT2D eigenvalue weighted by Crippen LogP contribution is 2.18. The van der Waals surface area contributed by atoms with Gasteiger partial charge in [-0.15, -0.1) is 5.10 Å². The molecule has 0 aliphatic rings. The van der Waals surface area contributed by atoms with E-state index in [-0.39, 0.29) is 0 Å². The Balaban J connectivity index is 2.15. The van der Waals surface area contributed by atoms with E-state index in [9.17, 15) is 0 Å². The van der Waals surface area contributed by atoms with Gasteiger partial charge in [-0.2, -0.15) is 9.67 Å².